The van der Waals surface area contributed by atoms with Crippen LogP contribution in [0.5, 0.6) is 0 Å². The first kappa shape index (κ1) is 15.9. The van der Waals surface area contributed by atoms with Crippen LogP contribution in [0.3, 0.4) is 0 Å². The van der Waals surface area contributed by atoms with Crippen LogP contribution in [0.4, 0.5) is 0 Å². The van der Waals surface area contributed by atoms with Crippen molar-refractivity contribution in [1.29, 1.82) is 0 Å². The number of rotatable bonds is 9. The second-order valence-corrected chi connectivity index (χ2v) is 4.01. The highest BCUT2D eigenvalue weighted by Crippen LogP contribution is 1.82. The predicted octanol–water partition coefficient (Wildman–Crippen LogP) is -0.708. The van der Waals surface area contributed by atoms with Crippen molar-refractivity contribution in [1.82, 2.24) is 15.5 Å². The smallest absolute Gasteiger partial charge is 0.237 e. The number of nitrogens with zero attached hydrogens (tertiary/aromatic N) is 1. The molecule has 0 aliphatic heterocycles. The van der Waals surface area contributed by atoms with Crippen LogP contribution in [-0.4, -0.2) is 63.8 Å². The molecule has 0 aliphatic rings. The van der Waals surface area contributed by atoms with Crippen molar-refractivity contribution >= 4 is 5.91 Å². The van der Waals surface area contributed by atoms with E-state index < -0.39 is 0 Å². The van der Waals surface area contributed by atoms with Gasteiger partial charge in [0.2, 0.25) is 5.91 Å². The van der Waals surface area contributed by atoms with E-state index in [1.54, 1.807) is 6.92 Å². The van der Waals surface area contributed by atoms with E-state index in [1.165, 1.54) is 0 Å². The van der Waals surface area contributed by atoms with Gasteiger partial charge in [-0.25, -0.2) is 0 Å². The Balaban J connectivity index is 3.42. The molecule has 0 aromatic carbocycles. The molecule has 0 spiro atoms. The van der Waals surface area contributed by atoms with Gasteiger partial charge in [-0.1, -0.05) is 5.92 Å². The molecule has 0 radical (unpaired) electrons. The fourth-order valence-electron chi connectivity index (χ4n) is 1.08. The van der Waals surface area contributed by atoms with Gasteiger partial charge in [0.15, 0.2) is 0 Å². The van der Waals surface area contributed by atoms with Crippen LogP contribution < -0.4 is 10.6 Å². The van der Waals surface area contributed by atoms with E-state index in [2.05, 4.69) is 21.5 Å². The quantitative estimate of drug-likeness (QED) is 0.414. The molecule has 0 saturated carbocycles. The Morgan fingerprint density at radius 2 is 2.18 bits per heavy atom. The second kappa shape index (κ2) is 10.1. The third kappa shape index (κ3) is 9.82. The van der Waals surface area contributed by atoms with Crippen molar-refractivity contribution < 1.29 is 9.53 Å². The van der Waals surface area contributed by atoms with Crippen molar-refractivity contribution in [2.24, 2.45) is 0 Å². The molecule has 0 heterocycles. The first-order valence-corrected chi connectivity index (χ1v) is 5.75. The van der Waals surface area contributed by atoms with Crippen molar-refractivity contribution in [3.63, 3.8) is 0 Å². The van der Waals surface area contributed by atoms with Gasteiger partial charge in [-0.2, -0.15) is 0 Å². The molecule has 0 rings (SSSR count). The summed E-state index contributed by atoms with van der Waals surface area (Å²) in [5, 5.41) is 5.67. The maximum absolute atomic E-state index is 11.4. The number of carbonyl (C=O) groups is 1. The number of amides is 1. The Kier molecular flexibility index (Phi) is 9.44. The highest BCUT2D eigenvalue weighted by atomic mass is 16.5. The molecule has 1 atom stereocenters. The van der Waals surface area contributed by atoms with E-state index in [0.29, 0.717) is 19.8 Å². The van der Waals surface area contributed by atoms with E-state index in [9.17, 15) is 4.79 Å². The summed E-state index contributed by atoms with van der Waals surface area (Å²) in [6.07, 6.45) is 5.05. The van der Waals surface area contributed by atoms with Gasteiger partial charge in [-0.05, 0) is 21.0 Å². The predicted molar refractivity (Wildman–Crippen MR) is 68.7 cm³/mol. The van der Waals surface area contributed by atoms with Crippen LogP contribution in [-0.2, 0) is 9.53 Å². The lowest BCUT2D eigenvalue weighted by atomic mass is 10.3. The number of nitrogens with one attached hydrogen (secondary N) is 2. The fourth-order valence-corrected chi connectivity index (χ4v) is 1.08. The summed E-state index contributed by atoms with van der Waals surface area (Å²) < 4.78 is 5.39. The van der Waals surface area contributed by atoms with Gasteiger partial charge in [-0.15, -0.1) is 6.42 Å². The van der Waals surface area contributed by atoms with Gasteiger partial charge < -0.3 is 20.3 Å². The van der Waals surface area contributed by atoms with Gasteiger partial charge in [-0.3, -0.25) is 4.79 Å². The average Bonchev–Trinajstić information content (AvgIpc) is 2.29. The summed E-state index contributed by atoms with van der Waals surface area (Å²) in [4.78, 5) is 13.5. The molecule has 0 saturated heterocycles. The van der Waals surface area contributed by atoms with Gasteiger partial charge in [0.1, 0.15) is 0 Å². The summed E-state index contributed by atoms with van der Waals surface area (Å²) in [6, 6.07) is -0.249. The monoisotopic (exact) mass is 241 g/mol. The lowest BCUT2D eigenvalue weighted by Gasteiger charge is -2.14. The van der Waals surface area contributed by atoms with Crippen LogP contribution in [0.15, 0.2) is 0 Å². The molecule has 2 N–H and O–H groups in total. The molecule has 0 fully saturated rings. The van der Waals surface area contributed by atoms with E-state index in [1.807, 2.05) is 14.1 Å². The van der Waals surface area contributed by atoms with Gasteiger partial charge in [0, 0.05) is 13.1 Å². The second-order valence-electron chi connectivity index (χ2n) is 4.01. The van der Waals surface area contributed by atoms with E-state index >= 15 is 0 Å². The Bertz CT molecular complexity index is 249. The Morgan fingerprint density at radius 1 is 1.47 bits per heavy atom. The van der Waals surface area contributed by atoms with Crippen LogP contribution in [0.25, 0.3) is 0 Å². The van der Waals surface area contributed by atoms with Crippen LogP contribution in [0.1, 0.15) is 6.92 Å². The molecular weight excluding hydrogens is 218 g/mol. The Morgan fingerprint density at radius 3 is 2.76 bits per heavy atom. The molecule has 5 nitrogen and oxygen atoms in total. The summed E-state index contributed by atoms with van der Waals surface area (Å²) in [7, 11) is 4.00. The Labute approximate surface area is 104 Å². The minimum atomic E-state index is -0.249. The number of carbonyl (C=O) groups excluding carboxylic acids is 1. The fraction of sp³-hybridized carbons (Fsp3) is 0.750. The van der Waals surface area contributed by atoms with Crippen LogP contribution >= 0.6 is 0 Å². The summed E-state index contributed by atoms with van der Waals surface area (Å²) >= 11 is 0. The van der Waals surface area contributed by atoms with Gasteiger partial charge >= 0.3 is 0 Å². The first-order chi connectivity index (χ1) is 8.07. The average molecular weight is 241 g/mol. The molecule has 0 bridgehead atoms. The van der Waals surface area contributed by atoms with E-state index in [4.69, 9.17) is 11.2 Å². The molecule has 0 aliphatic carbocycles. The molecule has 0 aromatic rings. The topological polar surface area (TPSA) is 53.6 Å². The lowest BCUT2D eigenvalue weighted by molar-refractivity contribution is -0.122. The van der Waals surface area contributed by atoms with Gasteiger partial charge in [0.05, 0.1) is 25.8 Å². The maximum Gasteiger partial charge on any atom is 0.237 e. The van der Waals surface area contributed by atoms with Crippen LogP contribution in [0, 0.1) is 12.3 Å². The van der Waals surface area contributed by atoms with E-state index in [0.717, 1.165) is 6.54 Å². The van der Waals surface area contributed by atoms with Crippen LogP contribution in [0.2, 0.25) is 0 Å². The number of terminal acetylenes is 1. The van der Waals surface area contributed by atoms with Gasteiger partial charge in [0.25, 0.3) is 0 Å². The minimum Gasteiger partial charge on any atom is -0.379 e. The number of hydrogen-bond acceptors (Lipinski definition) is 4. The maximum atomic E-state index is 11.4. The number of ether oxygens (including phenoxy) is 1. The lowest BCUT2D eigenvalue weighted by Crippen LogP contribution is -2.43. The zero-order valence-corrected chi connectivity index (χ0v) is 11.0. The molecule has 1 amide bonds. The van der Waals surface area contributed by atoms with Crippen molar-refractivity contribution in [3.8, 4) is 12.3 Å². The molecule has 17 heavy (non-hydrogen) atoms. The Hall–Kier alpha value is -1.09. The van der Waals surface area contributed by atoms with Crippen molar-refractivity contribution in [3.05, 3.63) is 0 Å². The standard InChI is InChI=1S/C12H23N3O2/c1-5-6-14-12(16)11(2)13-7-9-17-10-8-15(3)4/h1,11,13H,6-10H2,2-4H3,(H,14,16). The van der Waals surface area contributed by atoms with E-state index in [-0.39, 0.29) is 18.5 Å². The number of hydrogen-bond donors (Lipinski definition) is 2. The molecule has 98 valence electrons. The first-order valence-electron chi connectivity index (χ1n) is 5.75. The highest BCUT2D eigenvalue weighted by molar-refractivity contribution is 5.81. The number of likely N-dealkylation sites (N-methyl/N-ethyl adjacent to an activating group) is 1. The minimum absolute atomic E-state index is 0.0868. The zero-order chi connectivity index (χ0) is 13.1. The molecular formula is C12H23N3O2. The molecule has 5 heteroatoms. The molecule has 0 aromatic heterocycles. The summed E-state index contributed by atoms with van der Waals surface area (Å²) in [5.74, 6) is 2.27. The largest absolute Gasteiger partial charge is 0.379 e. The zero-order valence-electron chi connectivity index (χ0n) is 11.0. The third-order valence-corrected chi connectivity index (χ3v) is 2.14. The van der Waals surface area contributed by atoms with Crippen molar-refractivity contribution in [2.75, 3.05) is 46.9 Å². The SMILES string of the molecule is C#CCNC(=O)C(C)NCCOCCN(C)C. The molecule has 1 unspecified atom stereocenters. The third-order valence-electron chi connectivity index (χ3n) is 2.14. The summed E-state index contributed by atoms with van der Waals surface area (Å²) in [6.45, 7) is 4.92. The summed E-state index contributed by atoms with van der Waals surface area (Å²) in [5.41, 5.74) is 0. The van der Waals surface area contributed by atoms with Crippen molar-refractivity contribution in [2.45, 2.75) is 13.0 Å². The highest BCUT2D eigenvalue weighted by Gasteiger charge is 2.09. The normalized spacial score (nSPS) is 12.2.